The average molecular weight is 272 g/mol. The molecule has 0 fully saturated rings. The summed E-state index contributed by atoms with van der Waals surface area (Å²) in [6.45, 7) is 1.60. The van der Waals surface area contributed by atoms with E-state index in [1.165, 1.54) is 11.1 Å². The van der Waals surface area contributed by atoms with Crippen molar-refractivity contribution in [3.8, 4) is 0 Å². The van der Waals surface area contributed by atoms with Gasteiger partial charge in [-0.1, -0.05) is 24.3 Å². The molecule has 106 valence electrons. The Balaban J connectivity index is 1.53. The molecule has 4 nitrogen and oxygen atoms in total. The van der Waals surface area contributed by atoms with Crippen molar-refractivity contribution in [3.63, 3.8) is 0 Å². The highest BCUT2D eigenvalue weighted by atomic mass is 16.5. The maximum Gasteiger partial charge on any atom is 0.170 e. The van der Waals surface area contributed by atoms with E-state index in [2.05, 4.69) is 34.3 Å². The molecule has 0 bridgehead atoms. The standard InChI is InChI=1S/C16H20N2O2/c1-2-4-14(6-8-16-10-18-12-20-16)13(3-1)5-7-15-9-17-11-19-15/h1-4,11-12,15-16H,5-10H2. The van der Waals surface area contributed by atoms with E-state index in [1.54, 1.807) is 12.8 Å². The van der Waals surface area contributed by atoms with Crippen LogP contribution in [0.15, 0.2) is 34.3 Å². The lowest BCUT2D eigenvalue weighted by Gasteiger charge is -2.14. The monoisotopic (exact) mass is 272 g/mol. The molecule has 2 unspecified atom stereocenters. The van der Waals surface area contributed by atoms with Crippen LogP contribution in [-0.4, -0.2) is 38.1 Å². The molecule has 2 heterocycles. The Morgan fingerprint density at radius 2 is 1.35 bits per heavy atom. The van der Waals surface area contributed by atoms with E-state index in [0.29, 0.717) is 0 Å². The Morgan fingerprint density at radius 1 is 0.850 bits per heavy atom. The Kier molecular flexibility index (Phi) is 4.31. The third kappa shape index (κ3) is 3.38. The molecule has 0 spiro atoms. The minimum atomic E-state index is 0.259. The molecule has 0 aliphatic carbocycles. The number of aryl methyl sites for hydroxylation is 2. The smallest absolute Gasteiger partial charge is 0.170 e. The molecule has 0 radical (unpaired) electrons. The van der Waals surface area contributed by atoms with Crippen molar-refractivity contribution in [2.75, 3.05) is 13.1 Å². The predicted octanol–water partition coefficient (Wildman–Crippen LogP) is 2.41. The highest BCUT2D eigenvalue weighted by molar-refractivity contribution is 5.49. The Hall–Kier alpha value is -1.84. The first-order chi connectivity index (χ1) is 9.92. The van der Waals surface area contributed by atoms with Gasteiger partial charge in [0.1, 0.15) is 12.2 Å². The van der Waals surface area contributed by atoms with Crippen LogP contribution in [0.3, 0.4) is 0 Å². The summed E-state index contributed by atoms with van der Waals surface area (Å²) in [4.78, 5) is 8.22. The van der Waals surface area contributed by atoms with Crippen molar-refractivity contribution < 1.29 is 9.47 Å². The van der Waals surface area contributed by atoms with Crippen molar-refractivity contribution in [2.24, 2.45) is 9.98 Å². The molecule has 1 aromatic rings. The van der Waals surface area contributed by atoms with Gasteiger partial charge < -0.3 is 9.47 Å². The molecule has 0 amide bonds. The number of ether oxygens (including phenoxy) is 2. The first-order valence-corrected chi connectivity index (χ1v) is 7.26. The van der Waals surface area contributed by atoms with E-state index in [-0.39, 0.29) is 12.2 Å². The first kappa shape index (κ1) is 13.2. The summed E-state index contributed by atoms with van der Waals surface area (Å²) >= 11 is 0. The van der Waals surface area contributed by atoms with E-state index in [0.717, 1.165) is 38.8 Å². The summed E-state index contributed by atoms with van der Waals surface area (Å²) in [5.74, 6) is 0. The maximum atomic E-state index is 5.43. The predicted molar refractivity (Wildman–Crippen MR) is 79.5 cm³/mol. The molecular formula is C16H20N2O2. The van der Waals surface area contributed by atoms with Crippen molar-refractivity contribution in [3.05, 3.63) is 35.4 Å². The lowest BCUT2D eigenvalue weighted by atomic mass is 9.97. The molecule has 0 aromatic heterocycles. The summed E-state index contributed by atoms with van der Waals surface area (Å²) in [5.41, 5.74) is 2.84. The molecule has 1 aromatic carbocycles. The minimum Gasteiger partial charge on any atom is -0.478 e. The third-order valence-corrected chi connectivity index (χ3v) is 3.86. The molecule has 4 heteroatoms. The minimum absolute atomic E-state index is 0.259. The molecule has 3 rings (SSSR count). The van der Waals surface area contributed by atoms with Crippen LogP contribution < -0.4 is 0 Å². The van der Waals surface area contributed by atoms with Crippen molar-refractivity contribution in [1.82, 2.24) is 0 Å². The molecule has 0 saturated carbocycles. The van der Waals surface area contributed by atoms with Gasteiger partial charge in [-0.3, -0.25) is 9.98 Å². The van der Waals surface area contributed by atoms with Crippen molar-refractivity contribution >= 4 is 12.8 Å². The van der Waals surface area contributed by atoms with Gasteiger partial charge in [-0.25, -0.2) is 0 Å². The molecule has 2 aliphatic rings. The Morgan fingerprint density at radius 3 is 1.75 bits per heavy atom. The van der Waals surface area contributed by atoms with Crippen molar-refractivity contribution in [1.29, 1.82) is 0 Å². The van der Waals surface area contributed by atoms with Crippen LogP contribution in [0.4, 0.5) is 0 Å². The Labute approximate surface area is 119 Å². The summed E-state index contributed by atoms with van der Waals surface area (Å²) in [6, 6.07) is 8.66. The van der Waals surface area contributed by atoms with Crippen LogP contribution in [0.5, 0.6) is 0 Å². The van der Waals surface area contributed by atoms with Gasteiger partial charge in [-0.05, 0) is 36.8 Å². The van der Waals surface area contributed by atoms with Gasteiger partial charge in [0.05, 0.1) is 13.1 Å². The number of benzene rings is 1. The average Bonchev–Trinajstić information content (AvgIpc) is 3.17. The summed E-state index contributed by atoms with van der Waals surface area (Å²) in [5, 5.41) is 0. The van der Waals surface area contributed by atoms with Gasteiger partial charge in [0.15, 0.2) is 12.8 Å². The van der Waals surface area contributed by atoms with Gasteiger partial charge in [-0.2, -0.15) is 0 Å². The van der Waals surface area contributed by atoms with Crippen LogP contribution >= 0.6 is 0 Å². The topological polar surface area (TPSA) is 43.2 Å². The van der Waals surface area contributed by atoms with E-state index in [4.69, 9.17) is 9.47 Å². The number of aliphatic imine (C=N–C) groups is 2. The van der Waals surface area contributed by atoms with Gasteiger partial charge in [0, 0.05) is 0 Å². The zero-order valence-corrected chi connectivity index (χ0v) is 11.6. The van der Waals surface area contributed by atoms with Crippen LogP contribution in [0.25, 0.3) is 0 Å². The lowest BCUT2D eigenvalue weighted by molar-refractivity contribution is 0.220. The lowest BCUT2D eigenvalue weighted by Crippen LogP contribution is -2.13. The van der Waals surface area contributed by atoms with Crippen LogP contribution in [0.2, 0.25) is 0 Å². The maximum absolute atomic E-state index is 5.43. The van der Waals surface area contributed by atoms with Crippen molar-refractivity contribution in [2.45, 2.75) is 37.9 Å². The van der Waals surface area contributed by atoms with Crippen LogP contribution in [0, 0.1) is 0 Å². The molecule has 0 saturated heterocycles. The van der Waals surface area contributed by atoms with Gasteiger partial charge in [-0.15, -0.1) is 0 Å². The first-order valence-electron chi connectivity index (χ1n) is 7.26. The normalized spacial score (nSPS) is 23.8. The van der Waals surface area contributed by atoms with E-state index < -0.39 is 0 Å². The molecule has 0 N–H and O–H groups in total. The molecule has 2 aliphatic heterocycles. The van der Waals surface area contributed by atoms with Gasteiger partial charge in [0.25, 0.3) is 0 Å². The van der Waals surface area contributed by atoms with E-state index >= 15 is 0 Å². The van der Waals surface area contributed by atoms with Crippen LogP contribution in [-0.2, 0) is 22.3 Å². The number of hydrogen-bond donors (Lipinski definition) is 0. The molecule has 2 atom stereocenters. The molecular weight excluding hydrogens is 252 g/mol. The summed E-state index contributed by atoms with van der Waals surface area (Å²) < 4.78 is 10.9. The fourth-order valence-electron chi connectivity index (χ4n) is 2.66. The summed E-state index contributed by atoms with van der Waals surface area (Å²) in [7, 11) is 0. The quantitative estimate of drug-likeness (QED) is 0.798. The zero-order chi connectivity index (χ0) is 13.6. The number of nitrogens with zero attached hydrogens (tertiary/aromatic N) is 2. The number of rotatable bonds is 6. The fourth-order valence-corrected chi connectivity index (χ4v) is 2.66. The van der Waals surface area contributed by atoms with Crippen LogP contribution in [0.1, 0.15) is 24.0 Å². The SMILES string of the molecule is C1=NCC(CCc2ccccc2CCC2CN=CO2)O1. The summed E-state index contributed by atoms with van der Waals surface area (Å²) in [6.07, 6.45) is 7.82. The van der Waals surface area contributed by atoms with E-state index in [9.17, 15) is 0 Å². The Bertz CT molecular complexity index is 438. The second-order valence-electron chi connectivity index (χ2n) is 5.30. The van der Waals surface area contributed by atoms with E-state index in [1.807, 2.05) is 0 Å². The van der Waals surface area contributed by atoms with Gasteiger partial charge >= 0.3 is 0 Å². The largest absolute Gasteiger partial charge is 0.478 e. The highest BCUT2D eigenvalue weighted by Crippen LogP contribution is 2.18. The van der Waals surface area contributed by atoms with Gasteiger partial charge in [0.2, 0.25) is 0 Å². The molecule has 20 heavy (non-hydrogen) atoms. The highest BCUT2D eigenvalue weighted by Gasteiger charge is 2.15. The zero-order valence-electron chi connectivity index (χ0n) is 11.6. The second kappa shape index (κ2) is 6.55. The second-order valence-corrected chi connectivity index (χ2v) is 5.30. The number of hydrogen-bond acceptors (Lipinski definition) is 4. The third-order valence-electron chi connectivity index (χ3n) is 3.86. The fraction of sp³-hybridized carbons (Fsp3) is 0.500.